The molecule has 0 saturated heterocycles. The molecular formula is C46H95NO2. The molecule has 0 aromatic carbocycles. The average Bonchev–Trinajstić information content (AvgIpc) is 3.10. The smallest absolute Gasteiger partial charge is 0.0540 e. The maximum Gasteiger partial charge on any atom is 0.0540 e. The van der Waals surface area contributed by atoms with Crippen molar-refractivity contribution in [3.05, 3.63) is 0 Å². The molecule has 2 atom stereocenters. The standard InChI is InChI=1S/C46H95NO2/c1-4-7-10-13-14-23-28-35-42-47(43-36-29-24-19-15-17-21-26-33-40-45(48)38-31-11-8-5-2)44-37-30-25-20-16-18-22-27-34-41-46(49)39-32-12-9-6-3/h45-46,48-49H,4-44H2,1-3H3. The van der Waals surface area contributed by atoms with E-state index in [9.17, 15) is 10.2 Å². The minimum atomic E-state index is -0.0473. The van der Waals surface area contributed by atoms with Crippen LogP contribution in [0.1, 0.15) is 265 Å². The van der Waals surface area contributed by atoms with Gasteiger partial charge in [-0.15, -0.1) is 0 Å². The second-order valence-electron chi connectivity index (χ2n) is 16.3. The Kier molecular flexibility index (Phi) is 42.2. The molecule has 0 bridgehead atoms. The van der Waals surface area contributed by atoms with Gasteiger partial charge in [0.2, 0.25) is 0 Å². The molecule has 0 aromatic heterocycles. The van der Waals surface area contributed by atoms with Gasteiger partial charge in [-0.1, -0.05) is 220 Å². The molecule has 3 heteroatoms. The molecule has 0 fully saturated rings. The Balaban J connectivity index is 3.90. The van der Waals surface area contributed by atoms with Gasteiger partial charge in [0.25, 0.3) is 0 Å². The van der Waals surface area contributed by atoms with E-state index < -0.39 is 0 Å². The van der Waals surface area contributed by atoms with Crippen LogP contribution in [0.2, 0.25) is 0 Å². The van der Waals surface area contributed by atoms with Gasteiger partial charge >= 0.3 is 0 Å². The second-order valence-corrected chi connectivity index (χ2v) is 16.3. The van der Waals surface area contributed by atoms with Gasteiger partial charge in [-0.05, 0) is 64.6 Å². The van der Waals surface area contributed by atoms with Gasteiger partial charge in [0.15, 0.2) is 0 Å². The molecular weight excluding hydrogens is 599 g/mol. The first kappa shape index (κ1) is 48.9. The summed E-state index contributed by atoms with van der Waals surface area (Å²) in [5.41, 5.74) is 0. The fraction of sp³-hybridized carbons (Fsp3) is 1.00. The quantitative estimate of drug-likeness (QED) is 0.0625. The number of rotatable bonds is 43. The van der Waals surface area contributed by atoms with Gasteiger partial charge in [0.05, 0.1) is 12.2 Å². The van der Waals surface area contributed by atoms with E-state index >= 15 is 0 Å². The van der Waals surface area contributed by atoms with Crippen LogP contribution in [0.25, 0.3) is 0 Å². The van der Waals surface area contributed by atoms with Crippen molar-refractivity contribution in [1.82, 2.24) is 4.90 Å². The minimum absolute atomic E-state index is 0.0473. The van der Waals surface area contributed by atoms with Crippen LogP contribution in [0.5, 0.6) is 0 Å². The lowest BCUT2D eigenvalue weighted by molar-refractivity contribution is 0.147. The van der Waals surface area contributed by atoms with E-state index in [0.717, 1.165) is 25.7 Å². The second kappa shape index (κ2) is 42.3. The summed E-state index contributed by atoms with van der Waals surface area (Å²) in [5.74, 6) is 0. The molecule has 2 unspecified atom stereocenters. The summed E-state index contributed by atoms with van der Waals surface area (Å²) in [6, 6.07) is 0. The van der Waals surface area contributed by atoms with Crippen LogP contribution in [-0.2, 0) is 0 Å². The largest absolute Gasteiger partial charge is 0.393 e. The third kappa shape index (κ3) is 40.5. The SMILES string of the molecule is CCCCCCCCCCN(CCCCCCCCCCCC(O)CCCCCC)CCCCCCCCCCCC(O)CCCCCC. The number of aliphatic hydroxyl groups excluding tert-OH is 2. The molecule has 0 saturated carbocycles. The Morgan fingerprint density at radius 3 is 0.694 bits per heavy atom. The predicted molar refractivity (Wildman–Crippen MR) is 221 cm³/mol. The summed E-state index contributed by atoms with van der Waals surface area (Å²) in [6.45, 7) is 10.8. The van der Waals surface area contributed by atoms with Crippen molar-refractivity contribution in [2.24, 2.45) is 0 Å². The first-order chi connectivity index (χ1) is 24.1. The molecule has 3 nitrogen and oxygen atoms in total. The zero-order chi connectivity index (χ0) is 35.7. The maximum atomic E-state index is 10.2. The van der Waals surface area contributed by atoms with Gasteiger partial charge in [0, 0.05) is 0 Å². The van der Waals surface area contributed by atoms with Crippen molar-refractivity contribution < 1.29 is 10.2 Å². The Bertz CT molecular complexity index is 543. The van der Waals surface area contributed by atoms with Gasteiger partial charge < -0.3 is 15.1 Å². The van der Waals surface area contributed by atoms with Crippen molar-refractivity contribution >= 4 is 0 Å². The lowest BCUT2D eigenvalue weighted by Gasteiger charge is -2.22. The van der Waals surface area contributed by atoms with Crippen LogP contribution in [0, 0.1) is 0 Å². The van der Waals surface area contributed by atoms with Crippen molar-refractivity contribution in [1.29, 1.82) is 0 Å². The number of unbranched alkanes of at least 4 members (excludes halogenated alkanes) is 29. The highest BCUT2D eigenvalue weighted by Gasteiger charge is 2.07. The van der Waals surface area contributed by atoms with Crippen LogP contribution in [0.3, 0.4) is 0 Å². The highest BCUT2D eigenvalue weighted by molar-refractivity contribution is 4.62. The Hall–Kier alpha value is -0.120. The average molecular weight is 694 g/mol. The van der Waals surface area contributed by atoms with E-state index in [1.54, 1.807) is 0 Å². The molecule has 0 spiro atoms. The number of hydrogen-bond acceptors (Lipinski definition) is 3. The summed E-state index contributed by atoms with van der Waals surface area (Å²) in [4.78, 5) is 2.83. The normalized spacial score (nSPS) is 13.1. The highest BCUT2D eigenvalue weighted by Crippen LogP contribution is 2.17. The fourth-order valence-corrected chi connectivity index (χ4v) is 7.61. The van der Waals surface area contributed by atoms with Crippen LogP contribution in [-0.4, -0.2) is 47.0 Å². The van der Waals surface area contributed by atoms with Crippen LogP contribution >= 0.6 is 0 Å². The van der Waals surface area contributed by atoms with Crippen molar-refractivity contribution in [3.8, 4) is 0 Å². The van der Waals surface area contributed by atoms with E-state index in [0.29, 0.717) is 0 Å². The first-order valence-corrected chi connectivity index (χ1v) is 23.2. The van der Waals surface area contributed by atoms with Crippen LogP contribution in [0.4, 0.5) is 0 Å². The number of aliphatic hydroxyl groups is 2. The van der Waals surface area contributed by atoms with Gasteiger partial charge in [0.1, 0.15) is 0 Å². The highest BCUT2D eigenvalue weighted by atomic mass is 16.3. The van der Waals surface area contributed by atoms with E-state index in [-0.39, 0.29) is 12.2 Å². The Morgan fingerprint density at radius 1 is 0.265 bits per heavy atom. The van der Waals surface area contributed by atoms with Gasteiger partial charge in [-0.2, -0.15) is 0 Å². The molecule has 49 heavy (non-hydrogen) atoms. The molecule has 0 rings (SSSR count). The Labute approximate surface area is 311 Å². The molecule has 2 N–H and O–H groups in total. The monoisotopic (exact) mass is 694 g/mol. The van der Waals surface area contributed by atoms with Crippen LogP contribution < -0.4 is 0 Å². The van der Waals surface area contributed by atoms with Crippen LogP contribution in [0.15, 0.2) is 0 Å². The molecule has 0 radical (unpaired) electrons. The summed E-state index contributed by atoms with van der Waals surface area (Å²) in [6.07, 6.45) is 50.2. The van der Waals surface area contributed by atoms with E-state index in [1.165, 1.54) is 238 Å². The van der Waals surface area contributed by atoms with E-state index in [4.69, 9.17) is 0 Å². The predicted octanol–water partition coefficient (Wildman–Crippen LogP) is 14.9. The Morgan fingerprint density at radius 2 is 0.449 bits per heavy atom. The summed E-state index contributed by atoms with van der Waals surface area (Å²) in [5, 5.41) is 20.3. The third-order valence-electron chi connectivity index (χ3n) is 11.1. The number of hydrogen-bond donors (Lipinski definition) is 2. The molecule has 0 aliphatic rings. The van der Waals surface area contributed by atoms with E-state index in [2.05, 4.69) is 25.7 Å². The molecule has 0 aliphatic heterocycles. The van der Waals surface area contributed by atoms with Gasteiger partial charge in [-0.3, -0.25) is 0 Å². The minimum Gasteiger partial charge on any atom is -0.393 e. The zero-order valence-corrected chi connectivity index (χ0v) is 34.5. The maximum absolute atomic E-state index is 10.2. The molecule has 0 aliphatic carbocycles. The first-order valence-electron chi connectivity index (χ1n) is 23.2. The van der Waals surface area contributed by atoms with E-state index in [1.807, 2.05) is 0 Å². The van der Waals surface area contributed by atoms with Crippen molar-refractivity contribution in [2.75, 3.05) is 19.6 Å². The molecule has 0 heterocycles. The summed E-state index contributed by atoms with van der Waals surface area (Å²) < 4.78 is 0. The summed E-state index contributed by atoms with van der Waals surface area (Å²) >= 11 is 0. The molecule has 0 amide bonds. The molecule has 296 valence electrons. The summed E-state index contributed by atoms with van der Waals surface area (Å²) in [7, 11) is 0. The number of nitrogens with zero attached hydrogens (tertiary/aromatic N) is 1. The molecule has 0 aromatic rings. The van der Waals surface area contributed by atoms with Gasteiger partial charge in [-0.25, -0.2) is 0 Å². The topological polar surface area (TPSA) is 43.7 Å². The van der Waals surface area contributed by atoms with Crippen molar-refractivity contribution in [2.45, 2.75) is 277 Å². The lowest BCUT2D eigenvalue weighted by Crippen LogP contribution is -2.27. The lowest BCUT2D eigenvalue weighted by atomic mass is 10.0. The zero-order valence-electron chi connectivity index (χ0n) is 34.5. The fourth-order valence-electron chi connectivity index (χ4n) is 7.61. The van der Waals surface area contributed by atoms with Crippen molar-refractivity contribution in [3.63, 3.8) is 0 Å². The third-order valence-corrected chi connectivity index (χ3v) is 11.1.